The van der Waals surface area contributed by atoms with Crippen molar-refractivity contribution in [3.63, 3.8) is 0 Å². The number of carbonyl (C=O) groups is 1. The Morgan fingerprint density at radius 1 is 1.26 bits per heavy atom. The fourth-order valence-corrected chi connectivity index (χ4v) is 1.83. The second-order valence-corrected chi connectivity index (χ2v) is 4.67. The molecule has 0 aliphatic heterocycles. The van der Waals surface area contributed by atoms with Gasteiger partial charge in [0.25, 0.3) is 5.91 Å². The molecule has 5 heteroatoms. The third-order valence-corrected chi connectivity index (χ3v) is 2.92. The number of pyridine rings is 1. The van der Waals surface area contributed by atoms with Crippen LogP contribution in [0.15, 0.2) is 42.5 Å². The molecule has 0 aliphatic carbocycles. The summed E-state index contributed by atoms with van der Waals surface area (Å²) in [5, 5.41) is 0.676. The smallest absolute Gasteiger partial charge is 0.272 e. The van der Waals surface area contributed by atoms with Gasteiger partial charge in [-0.05, 0) is 29.8 Å². The number of hydrogen-bond acceptors (Lipinski definition) is 3. The molecular formula is C14H14ClN3O. The van der Waals surface area contributed by atoms with E-state index in [0.29, 0.717) is 23.1 Å². The van der Waals surface area contributed by atoms with Gasteiger partial charge in [-0.2, -0.15) is 0 Å². The minimum absolute atomic E-state index is 0.165. The summed E-state index contributed by atoms with van der Waals surface area (Å²) in [6.07, 6.45) is 0. The van der Waals surface area contributed by atoms with Crippen LogP contribution >= 0.6 is 11.6 Å². The van der Waals surface area contributed by atoms with Gasteiger partial charge in [0.2, 0.25) is 0 Å². The third-order valence-electron chi connectivity index (χ3n) is 2.67. The Labute approximate surface area is 116 Å². The van der Waals surface area contributed by atoms with E-state index in [-0.39, 0.29) is 5.91 Å². The number of aromatic nitrogens is 1. The number of amides is 1. The summed E-state index contributed by atoms with van der Waals surface area (Å²) < 4.78 is 0. The summed E-state index contributed by atoms with van der Waals surface area (Å²) >= 11 is 5.82. The molecule has 0 atom stereocenters. The lowest BCUT2D eigenvalue weighted by atomic mass is 10.2. The highest BCUT2D eigenvalue weighted by Crippen LogP contribution is 2.12. The van der Waals surface area contributed by atoms with Gasteiger partial charge in [0.1, 0.15) is 11.5 Å². The summed E-state index contributed by atoms with van der Waals surface area (Å²) in [6.45, 7) is 0.493. The summed E-state index contributed by atoms with van der Waals surface area (Å²) in [4.78, 5) is 17.8. The van der Waals surface area contributed by atoms with Crippen LogP contribution in [0.2, 0.25) is 5.02 Å². The molecule has 2 rings (SSSR count). The average molecular weight is 276 g/mol. The van der Waals surface area contributed by atoms with Crippen molar-refractivity contribution in [1.29, 1.82) is 0 Å². The molecule has 1 heterocycles. The Balaban J connectivity index is 2.09. The number of anilines is 1. The first-order valence-corrected chi connectivity index (χ1v) is 6.16. The number of nitrogen functional groups attached to an aromatic ring is 1. The van der Waals surface area contributed by atoms with Gasteiger partial charge >= 0.3 is 0 Å². The van der Waals surface area contributed by atoms with Gasteiger partial charge in [0, 0.05) is 18.6 Å². The van der Waals surface area contributed by atoms with Crippen molar-refractivity contribution in [1.82, 2.24) is 9.88 Å². The lowest BCUT2D eigenvalue weighted by Crippen LogP contribution is -2.27. The van der Waals surface area contributed by atoms with Crippen molar-refractivity contribution in [3.8, 4) is 0 Å². The third kappa shape index (κ3) is 3.45. The van der Waals surface area contributed by atoms with E-state index in [1.54, 1.807) is 42.3 Å². The summed E-state index contributed by atoms with van der Waals surface area (Å²) in [6, 6.07) is 12.4. The molecule has 0 saturated heterocycles. The van der Waals surface area contributed by atoms with E-state index in [1.807, 2.05) is 12.1 Å². The Morgan fingerprint density at radius 3 is 2.58 bits per heavy atom. The molecule has 1 amide bonds. The van der Waals surface area contributed by atoms with Crippen molar-refractivity contribution in [3.05, 3.63) is 58.7 Å². The van der Waals surface area contributed by atoms with Gasteiger partial charge in [-0.1, -0.05) is 29.8 Å². The monoisotopic (exact) mass is 275 g/mol. The highest BCUT2D eigenvalue weighted by molar-refractivity contribution is 6.30. The first kappa shape index (κ1) is 13.4. The highest BCUT2D eigenvalue weighted by atomic mass is 35.5. The van der Waals surface area contributed by atoms with Crippen molar-refractivity contribution in [2.75, 3.05) is 12.8 Å². The second-order valence-electron chi connectivity index (χ2n) is 4.24. The summed E-state index contributed by atoms with van der Waals surface area (Å²) in [7, 11) is 1.72. The first-order chi connectivity index (χ1) is 9.06. The van der Waals surface area contributed by atoms with E-state index in [0.717, 1.165) is 5.56 Å². The zero-order valence-corrected chi connectivity index (χ0v) is 11.3. The molecule has 0 aliphatic rings. The van der Waals surface area contributed by atoms with Crippen LogP contribution in [0.1, 0.15) is 16.1 Å². The van der Waals surface area contributed by atoms with Crippen LogP contribution in [0.25, 0.3) is 0 Å². The van der Waals surface area contributed by atoms with Crippen LogP contribution in [0, 0.1) is 0 Å². The number of carbonyl (C=O) groups excluding carboxylic acids is 1. The van der Waals surface area contributed by atoms with Gasteiger partial charge in [0.05, 0.1) is 0 Å². The molecule has 19 heavy (non-hydrogen) atoms. The van der Waals surface area contributed by atoms with Crippen LogP contribution < -0.4 is 5.73 Å². The summed E-state index contributed by atoms with van der Waals surface area (Å²) in [5.41, 5.74) is 6.92. The van der Waals surface area contributed by atoms with Crippen LogP contribution in [-0.4, -0.2) is 22.8 Å². The van der Waals surface area contributed by atoms with Gasteiger partial charge in [-0.3, -0.25) is 4.79 Å². The fourth-order valence-electron chi connectivity index (χ4n) is 1.70. The Bertz CT molecular complexity index is 583. The predicted molar refractivity (Wildman–Crippen MR) is 75.9 cm³/mol. The standard InChI is InChI=1S/C14H14ClN3O/c1-18(9-10-5-7-11(15)8-6-10)14(19)12-3-2-4-13(16)17-12/h2-8H,9H2,1H3,(H2,16,17). The van der Waals surface area contributed by atoms with Crippen molar-refractivity contribution in [2.24, 2.45) is 0 Å². The highest BCUT2D eigenvalue weighted by Gasteiger charge is 2.13. The number of halogens is 1. The predicted octanol–water partition coefficient (Wildman–Crippen LogP) is 2.59. The maximum absolute atomic E-state index is 12.1. The van der Waals surface area contributed by atoms with Crippen LogP contribution in [0.5, 0.6) is 0 Å². The second kappa shape index (κ2) is 5.71. The molecule has 0 radical (unpaired) electrons. The number of hydrogen-bond donors (Lipinski definition) is 1. The molecule has 2 N–H and O–H groups in total. The van der Waals surface area contributed by atoms with E-state index in [2.05, 4.69) is 4.98 Å². The van der Waals surface area contributed by atoms with Gasteiger partial charge in [-0.15, -0.1) is 0 Å². The van der Waals surface area contributed by atoms with Crippen molar-refractivity contribution in [2.45, 2.75) is 6.54 Å². The normalized spacial score (nSPS) is 10.2. The minimum atomic E-state index is -0.165. The molecule has 4 nitrogen and oxygen atoms in total. The molecule has 1 aromatic carbocycles. The SMILES string of the molecule is CN(Cc1ccc(Cl)cc1)C(=O)c1cccc(N)n1. The first-order valence-electron chi connectivity index (χ1n) is 5.78. The molecule has 0 unspecified atom stereocenters. The zero-order valence-electron chi connectivity index (χ0n) is 10.5. The Kier molecular flexibility index (Phi) is 4.02. The molecule has 1 aromatic heterocycles. The maximum Gasteiger partial charge on any atom is 0.272 e. The number of benzene rings is 1. The lowest BCUT2D eigenvalue weighted by molar-refractivity contribution is 0.0779. The molecule has 0 bridgehead atoms. The largest absolute Gasteiger partial charge is 0.384 e. The number of rotatable bonds is 3. The van der Waals surface area contributed by atoms with E-state index >= 15 is 0 Å². The maximum atomic E-state index is 12.1. The van der Waals surface area contributed by atoms with E-state index in [4.69, 9.17) is 17.3 Å². The van der Waals surface area contributed by atoms with Crippen molar-refractivity contribution < 1.29 is 4.79 Å². The molecule has 0 saturated carbocycles. The van der Waals surface area contributed by atoms with E-state index < -0.39 is 0 Å². The van der Waals surface area contributed by atoms with Crippen molar-refractivity contribution >= 4 is 23.3 Å². The molecule has 0 spiro atoms. The average Bonchev–Trinajstić information content (AvgIpc) is 2.40. The zero-order chi connectivity index (χ0) is 13.8. The number of nitrogens with zero attached hydrogens (tertiary/aromatic N) is 2. The molecule has 0 fully saturated rings. The minimum Gasteiger partial charge on any atom is -0.384 e. The Morgan fingerprint density at radius 2 is 1.95 bits per heavy atom. The lowest BCUT2D eigenvalue weighted by Gasteiger charge is -2.17. The molecule has 98 valence electrons. The Hall–Kier alpha value is -2.07. The van der Waals surface area contributed by atoms with Gasteiger partial charge in [0.15, 0.2) is 0 Å². The van der Waals surface area contributed by atoms with E-state index in [1.165, 1.54) is 0 Å². The molecule has 2 aromatic rings. The van der Waals surface area contributed by atoms with E-state index in [9.17, 15) is 4.79 Å². The van der Waals surface area contributed by atoms with Gasteiger partial charge in [-0.25, -0.2) is 4.98 Å². The molecular weight excluding hydrogens is 262 g/mol. The van der Waals surface area contributed by atoms with Gasteiger partial charge < -0.3 is 10.6 Å². The fraction of sp³-hybridized carbons (Fsp3) is 0.143. The number of nitrogens with two attached hydrogens (primary N) is 1. The van der Waals surface area contributed by atoms with Crippen LogP contribution in [0.4, 0.5) is 5.82 Å². The topological polar surface area (TPSA) is 59.2 Å². The van der Waals surface area contributed by atoms with Crippen LogP contribution in [-0.2, 0) is 6.54 Å². The van der Waals surface area contributed by atoms with Crippen LogP contribution in [0.3, 0.4) is 0 Å². The quantitative estimate of drug-likeness (QED) is 0.937. The summed E-state index contributed by atoms with van der Waals surface area (Å²) in [5.74, 6) is 0.174.